The van der Waals surface area contributed by atoms with Crippen LogP contribution in [0.4, 0.5) is 11.6 Å². The Morgan fingerprint density at radius 2 is 2.12 bits per heavy atom. The molecule has 0 amide bonds. The Labute approximate surface area is 204 Å². The molecule has 3 heterocycles. The number of ether oxygens (including phenoxy) is 2. The third-order valence-corrected chi connectivity index (χ3v) is 6.57. The van der Waals surface area contributed by atoms with Crippen LogP contribution in [0.5, 0.6) is 11.8 Å². The maximum atomic E-state index is 6.70. The monoisotopic (exact) mass is 477 g/mol. The smallest absolute Gasteiger partial charge is 0.325 e. The Morgan fingerprint density at radius 3 is 2.91 bits per heavy atom. The van der Waals surface area contributed by atoms with Crippen molar-refractivity contribution >= 4 is 35.1 Å². The molecule has 2 aliphatic heterocycles. The topological polar surface area (TPSA) is 71.9 Å². The molecule has 3 aliphatic rings. The fourth-order valence-electron chi connectivity index (χ4n) is 4.48. The number of benzene rings is 1. The highest BCUT2D eigenvalue weighted by Crippen LogP contribution is 2.39. The number of methoxy groups -OCH3 is 1. The van der Waals surface area contributed by atoms with Gasteiger partial charge in [0.2, 0.25) is 0 Å². The van der Waals surface area contributed by atoms with E-state index in [0.717, 1.165) is 48.7 Å². The van der Waals surface area contributed by atoms with Crippen molar-refractivity contribution in [1.82, 2.24) is 9.97 Å². The molecule has 1 aromatic heterocycles. The van der Waals surface area contributed by atoms with Gasteiger partial charge in [-0.2, -0.15) is 9.97 Å². The highest BCUT2D eigenvalue weighted by atomic mass is 35.5. The number of fused-ring (bicyclic) bond motifs is 1. The molecule has 7 nitrogen and oxygen atoms in total. The third-order valence-electron chi connectivity index (χ3n) is 6.18. The fraction of sp³-hybridized carbons (Fsp3) is 0.346. The second kappa shape index (κ2) is 9.60. The first-order valence-corrected chi connectivity index (χ1v) is 11.9. The number of hydrogen-bond donors (Lipinski definition) is 1. The molecule has 1 fully saturated rings. The van der Waals surface area contributed by atoms with Gasteiger partial charge in [-0.25, -0.2) is 0 Å². The van der Waals surface area contributed by atoms with Gasteiger partial charge in [-0.15, -0.1) is 0 Å². The van der Waals surface area contributed by atoms with Gasteiger partial charge < -0.3 is 19.7 Å². The van der Waals surface area contributed by atoms with Gasteiger partial charge in [0.1, 0.15) is 23.2 Å². The van der Waals surface area contributed by atoms with Crippen molar-refractivity contribution in [2.24, 2.45) is 4.99 Å². The van der Waals surface area contributed by atoms with Crippen molar-refractivity contribution in [3.63, 3.8) is 0 Å². The largest absolute Gasteiger partial charge is 0.423 e. The summed E-state index contributed by atoms with van der Waals surface area (Å²) in [5, 5.41) is 3.90. The molecule has 176 valence electrons. The Bertz CT molecular complexity index is 1230. The molecule has 1 aromatic carbocycles. The van der Waals surface area contributed by atoms with Crippen LogP contribution in [0.25, 0.3) is 6.08 Å². The molecule has 2 aromatic rings. The molecule has 5 rings (SSSR count). The zero-order chi connectivity index (χ0) is 23.7. The predicted octanol–water partition coefficient (Wildman–Crippen LogP) is 5.43. The lowest BCUT2D eigenvalue weighted by molar-refractivity contribution is 0.121. The fourth-order valence-corrected chi connectivity index (χ4v) is 4.75. The molecule has 0 radical (unpaired) electrons. The number of aromatic nitrogens is 2. The predicted molar refractivity (Wildman–Crippen MR) is 137 cm³/mol. The summed E-state index contributed by atoms with van der Waals surface area (Å²) in [7, 11) is 1.74. The molecule has 1 atom stereocenters. The van der Waals surface area contributed by atoms with Gasteiger partial charge in [-0.3, -0.25) is 4.99 Å². The zero-order valence-electron chi connectivity index (χ0n) is 19.6. The zero-order valence-corrected chi connectivity index (χ0v) is 20.4. The van der Waals surface area contributed by atoms with Crippen molar-refractivity contribution in [2.75, 3.05) is 37.0 Å². The first-order chi connectivity index (χ1) is 16.5. The van der Waals surface area contributed by atoms with Gasteiger partial charge >= 0.3 is 6.01 Å². The van der Waals surface area contributed by atoms with Gasteiger partial charge in [0.05, 0.1) is 17.7 Å². The van der Waals surface area contributed by atoms with Crippen LogP contribution < -0.4 is 15.0 Å². The number of amidine groups is 1. The van der Waals surface area contributed by atoms with Gasteiger partial charge in [-0.05, 0) is 50.0 Å². The third kappa shape index (κ3) is 4.72. The van der Waals surface area contributed by atoms with Crippen LogP contribution in [0.1, 0.15) is 31.4 Å². The van der Waals surface area contributed by atoms with E-state index in [1.54, 1.807) is 7.11 Å². The normalized spacial score (nSPS) is 19.4. The summed E-state index contributed by atoms with van der Waals surface area (Å²) in [4.78, 5) is 16.1. The van der Waals surface area contributed by atoms with Gasteiger partial charge in [0.25, 0.3) is 0 Å². The van der Waals surface area contributed by atoms with E-state index in [1.807, 2.05) is 31.2 Å². The van der Waals surface area contributed by atoms with Crippen molar-refractivity contribution in [3.05, 3.63) is 63.7 Å². The lowest BCUT2D eigenvalue weighted by atomic mass is 10.1. The number of rotatable bonds is 6. The molecule has 0 spiro atoms. The Morgan fingerprint density at radius 1 is 1.24 bits per heavy atom. The standard InChI is InChI=1S/C26H28ClN5O2/c1-4-5-17-12-22(28-14-17)29-23-13-24(32-9-8-19(15-32)33-3)31-26(30-23)34-21-7-6-18-10-16(2)11-20(18)25(21)27/h4-7,11-13,19H,8-10,14-15H2,1-3H3,(H,28,29,30,31)/b5-4+. The first-order valence-electron chi connectivity index (χ1n) is 11.5. The minimum absolute atomic E-state index is 0.183. The number of nitrogens with zero attached hydrogens (tertiary/aromatic N) is 4. The SMILES string of the molecule is C/C=C/C1=CC(Nc2cc(N3CCC(OC)C3)nc(Oc3ccc4c(c3Cl)C=C(C)C4)n2)=NC1. The van der Waals surface area contributed by atoms with E-state index in [0.29, 0.717) is 23.1 Å². The molecule has 8 heteroatoms. The van der Waals surface area contributed by atoms with E-state index in [1.165, 1.54) is 11.1 Å². The number of aliphatic imine (C=N–C) groups is 1. The van der Waals surface area contributed by atoms with E-state index in [4.69, 9.17) is 26.1 Å². The van der Waals surface area contributed by atoms with E-state index in [2.05, 4.69) is 45.3 Å². The average molecular weight is 478 g/mol. The number of nitrogens with one attached hydrogen (secondary N) is 1. The van der Waals surface area contributed by atoms with Crippen LogP contribution in [0.3, 0.4) is 0 Å². The van der Waals surface area contributed by atoms with Crippen LogP contribution in [-0.4, -0.2) is 48.7 Å². The van der Waals surface area contributed by atoms with E-state index in [9.17, 15) is 0 Å². The van der Waals surface area contributed by atoms with Crippen LogP contribution in [0.2, 0.25) is 5.02 Å². The van der Waals surface area contributed by atoms with Gasteiger partial charge in [0, 0.05) is 31.8 Å². The summed E-state index contributed by atoms with van der Waals surface area (Å²) < 4.78 is 11.7. The van der Waals surface area contributed by atoms with Crippen molar-refractivity contribution in [3.8, 4) is 11.8 Å². The number of anilines is 2. The summed E-state index contributed by atoms with van der Waals surface area (Å²) in [5.74, 6) is 2.69. The van der Waals surface area contributed by atoms with E-state index in [-0.39, 0.29) is 12.1 Å². The van der Waals surface area contributed by atoms with Crippen LogP contribution in [-0.2, 0) is 11.2 Å². The summed E-state index contributed by atoms with van der Waals surface area (Å²) in [6, 6.07) is 6.10. The number of hydrogen-bond acceptors (Lipinski definition) is 7. The summed E-state index contributed by atoms with van der Waals surface area (Å²) in [6.07, 6.45) is 10.2. The number of halogens is 1. The molecule has 1 saturated heterocycles. The quantitative estimate of drug-likeness (QED) is 0.597. The molecule has 34 heavy (non-hydrogen) atoms. The lowest BCUT2D eigenvalue weighted by Gasteiger charge is -2.19. The second-order valence-corrected chi connectivity index (χ2v) is 9.13. The van der Waals surface area contributed by atoms with Gasteiger partial charge in [-0.1, -0.05) is 41.5 Å². The van der Waals surface area contributed by atoms with Crippen molar-refractivity contribution in [2.45, 2.75) is 32.8 Å². The van der Waals surface area contributed by atoms with Crippen LogP contribution in [0.15, 0.2) is 52.6 Å². The first kappa shape index (κ1) is 22.6. The molecule has 0 bridgehead atoms. The molecule has 0 saturated carbocycles. The Kier molecular flexibility index (Phi) is 6.39. The summed E-state index contributed by atoms with van der Waals surface area (Å²) in [6.45, 7) is 6.36. The minimum atomic E-state index is 0.183. The van der Waals surface area contributed by atoms with Crippen molar-refractivity contribution in [1.29, 1.82) is 0 Å². The summed E-state index contributed by atoms with van der Waals surface area (Å²) >= 11 is 6.70. The second-order valence-electron chi connectivity index (χ2n) is 8.75. The summed E-state index contributed by atoms with van der Waals surface area (Å²) in [5.41, 5.74) is 4.64. The molecule has 1 aliphatic carbocycles. The molecular formula is C26H28ClN5O2. The van der Waals surface area contributed by atoms with E-state index >= 15 is 0 Å². The number of allylic oxidation sites excluding steroid dienone is 2. The maximum absolute atomic E-state index is 6.70. The highest BCUT2D eigenvalue weighted by molar-refractivity contribution is 6.33. The maximum Gasteiger partial charge on any atom is 0.325 e. The lowest BCUT2D eigenvalue weighted by Crippen LogP contribution is -2.23. The Hall–Kier alpha value is -3.16. The molecule has 1 unspecified atom stereocenters. The van der Waals surface area contributed by atoms with Crippen LogP contribution in [0, 0.1) is 0 Å². The van der Waals surface area contributed by atoms with Gasteiger partial charge in [0.15, 0.2) is 0 Å². The van der Waals surface area contributed by atoms with Crippen LogP contribution >= 0.6 is 11.6 Å². The van der Waals surface area contributed by atoms with Crippen molar-refractivity contribution < 1.29 is 9.47 Å². The Balaban J connectivity index is 1.45. The highest BCUT2D eigenvalue weighted by Gasteiger charge is 2.25. The minimum Gasteiger partial charge on any atom is -0.423 e. The molecule has 1 N–H and O–H groups in total. The van der Waals surface area contributed by atoms with E-state index < -0.39 is 0 Å². The molecular weight excluding hydrogens is 450 g/mol. The average Bonchev–Trinajstić information content (AvgIpc) is 3.56.